The van der Waals surface area contributed by atoms with Gasteiger partial charge in [-0.05, 0) is 56.2 Å². The lowest BCUT2D eigenvalue weighted by Crippen LogP contribution is -2.52. The van der Waals surface area contributed by atoms with Crippen LogP contribution in [0.25, 0.3) is 0 Å². The van der Waals surface area contributed by atoms with Gasteiger partial charge in [-0.2, -0.15) is 0 Å². The normalized spacial score (nSPS) is 11.9. The van der Waals surface area contributed by atoms with Crippen molar-refractivity contribution in [3.05, 3.63) is 89.4 Å². The second-order valence-electron chi connectivity index (χ2n) is 8.66. The van der Waals surface area contributed by atoms with Gasteiger partial charge >= 0.3 is 0 Å². The molecule has 10 heteroatoms. The number of nitrogens with one attached hydrogen (secondary N) is 1. The quantitative estimate of drug-likeness (QED) is 0.315. The summed E-state index contributed by atoms with van der Waals surface area (Å²) in [5.41, 5.74) is 0.864. The predicted octanol–water partition coefficient (Wildman–Crippen LogP) is 4.88. The molecule has 0 aromatic heterocycles. The summed E-state index contributed by atoms with van der Waals surface area (Å²) >= 11 is 6.41. The molecule has 39 heavy (non-hydrogen) atoms. The zero-order valence-electron chi connectivity index (χ0n) is 22.3. The lowest BCUT2D eigenvalue weighted by molar-refractivity contribution is -0.140. The highest BCUT2D eigenvalue weighted by Crippen LogP contribution is 2.33. The summed E-state index contributed by atoms with van der Waals surface area (Å²) in [4.78, 5) is 28.5. The average molecular weight is 572 g/mol. The van der Waals surface area contributed by atoms with Crippen molar-refractivity contribution in [2.24, 2.45) is 0 Å². The molecule has 1 N–H and O–H groups in total. The SMILES string of the molecule is CCNC(=O)C(CC)N(Cc1ccccc1Cl)C(=O)CN(c1ccccc1OCC)S(=O)(=O)c1ccccc1. The van der Waals surface area contributed by atoms with Gasteiger partial charge in [0.2, 0.25) is 11.8 Å². The summed E-state index contributed by atoms with van der Waals surface area (Å²) in [6, 6.07) is 20.8. The highest BCUT2D eigenvalue weighted by molar-refractivity contribution is 7.92. The van der Waals surface area contributed by atoms with Crippen LogP contribution in [0.1, 0.15) is 32.8 Å². The Kier molecular flexibility index (Phi) is 10.8. The number of nitrogens with zero attached hydrogens (tertiary/aromatic N) is 2. The van der Waals surface area contributed by atoms with Gasteiger partial charge in [0.15, 0.2) is 0 Å². The van der Waals surface area contributed by atoms with Crippen molar-refractivity contribution in [2.45, 2.75) is 44.7 Å². The van der Waals surface area contributed by atoms with E-state index < -0.39 is 28.5 Å². The number of carbonyl (C=O) groups excluding carboxylic acids is 2. The molecule has 0 spiro atoms. The first-order chi connectivity index (χ1) is 18.7. The minimum atomic E-state index is -4.19. The van der Waals surface area contributed by atoms with Gasteiger partial charge in [0.25, 0.3) is 10.0 Å². The fraction of sp³-hybridized carbons (Fsp3) is 0.310. The Morgan fingerprint density at radius 1 is 0.923 bits per heavy atom. The maximum atomic E-state index is 14.1. The number of anilines is 1. The zero-order valence-corrected chi connectivity index (χ0v) is 23.9. The molecule has 3 aromatic rings. The first-order valence-corrected chi connectivity index (χ1v) is 14.7. The summed E-state index contributed by atoms with van der Waals surface area (Å²) in [5.74, 6) is -0.563. The van der Waals surface area contributed by atoms with Gasteiger partial charge in [0.05, 0.1) is 17.2 Å². The molecule has 0 bridgehead atoms. The smallest absolute Gasteiger partial charge is 0.264 e. The number of ether oxygens (including phenoxy) is 1. The Labute approximate surface area is 235 Å². The minimum absolute atomic E-state index is 0.0255. The van der Waals surface area contributed by atoms with Gasteiger partial charge < -0.3 is 15.0 Å². The molecule has 0 fully saturated rings. The number of benzene rings is 3. The van der Waals surface area contributed by atoms with Gasteiger partial charge in [0, 0.05) is 18.1 Å². The van der Waals surface area contributed by atoms with Crippen LogP contribution in [-0.4, -0.2) is 50.9 Å². The number of amides is 2. The third-order valence-corrected chi connectivity index (χ3v) is 8.22. The van der Waals surface area contributed by atoms with Crippen molar-refractivity contribution in [3.63, 3.8) is 0 Å². The number of hydrogen-bond acceptors (Lipinski definition) is 5. The van der Waals surface area contributed by atoms with Crippen LogP contribution in [-0.2, 0) is 26.2 Å². The standard InChI is InChI=1S/C29H34ClN3O5S/c1-4-25(29(35)31-5-2)32(20-22-14-10-11-17-24(22)30)28(34)21-33(26-18-12-13-19-27(26)38-6-3)39(36,37)23-15-8-7-9-16-23/h7-19,25H,4-6,20-21H2,1-3H3,(H,31,35). The van der Waals surface area contributed by atoms with Crippen LogP contribution >= 0.6 is 11.6 Å². The highest BCUT2D eigenvalue weighted by atomic mass is 35.5. The van der Waals surface area contributed by atoms with E-state index in [0.29, 0.717) is 35.9 Å². The van der Waals surface area contributed by atoms with Crippen LogP contribution < -0.4 is 14.4 Å². The summed E-state index contributed by atoms with van der Waals surface area (Å²) in [6.45, 7) is 5.56. The van der Waals surface area contributed by atoms with E-state index in [4.69, 9.17) is 16.3 Å². The van der Waals surface area contributed by atoms with E-state index in [1.54, 1.807) is 87.5 Å². The fourth-order valence-electron chi connectivity index (χ4n) is 4.20. The zero-order chi connectivity index (χ0) is 28.4. The Balaban J connectivity index is 2.11. The number of likely N-dealkylation sites (N-methyl/N-ethyl adjacent to an activating group) is 1. The number of sulfonamides is 1. The lowest BCUT2D eigenvalue weighted by atomic mass is 10.1. The predicted molar refractivity (Wildman–Crippen MR) is 153 cm³/mol. The summed E-state index contributed by atoms with van der Waals surface area (Å²) < 4.78 is 34.6. The second-order valence-corrected chi connectivity index (χ2v) is 10.9. The molecular weight excluding hydrogens is 538 g/mol. The van der Waals surface area contributed by atoms with E-state index in [-0.39, 0.29) is 23.0 Å². The minimum Gasteiger partial charge on any atom is -0.492 e. The van der Waals surface area contributed by atoms with Gasteiger partial charge in [-0.3, -0.25) is 13.9 Å². The summed E-state index contributed by atoms with van der Waals surface area (Å²) in [6.07, 6.45) is 0.322. The molecule has 2 amide bonds. The van der Waals surface area contributed by atoms with Crippen LogP contribution in [0.2, 0.25) is 5.02 Å². The third kappa shape index (κ3) is 7.30. The molecule has 3 aromatic carbocycles. The van der Waals surface area contributed by atoms with Gasteiger partial charge in [-0.15, -0.1) is 0 Å². The second kappa shape index (κ2) is 14.0. The Hall–Kier alpha value is -3.56. The molecule has 3 rings (SSSR count). The van der Waals surface area contributed by atoms with Gasteiger partial charge in [-0.1, -0.05) is 67.1 Å². The van der Waals surface area contributed by atoms with Crippen molar-refractivity contribution < 1.29 is 22.7 Å². The number of halogens is 1. The van der Waals surface area contributed by atoms with Crippen molar-refractivity contribution >= 4 is 39.1 Å². The van der Waals surface area contributed by atoms with Crippen molar-refractivity contribution in [2.75, 3.05) is 24.0 Å². The van der Waals surface area contributed by atoms with Crippen LogP contribution in [0, 0.1) is 0 Å². The van der Waals surface area contributed by atoms with E-state index >= 15 is 0 Å². The summed E-state index contributed by atoms with van der Waals surface area (Å²) in [7, 11) is -4.19. The van der Waals surface area contributed by atoms with E-state index in [0.717, 1.165) is 4.31 Å². The van der Waals surface area contributed by atoms with Crippen LogP contribution in [0.15, 0.2) is 83.8 Å². The van der Waals surface area contributed by atoms with E-state index in [1.165, 1.54) is 17.0 Å². The molecule has 8 nitrogen and oxygen atoms in total. The molecule has 0 saturated carbocycles. The number of rotatable bonds is 13. The lowest BCUT2D eigenvalue weighted by Gasteiger charge is -2.33. The van der Waals surface area contributed by atoms with Crippen LogP contribution in [0.5, 0.6) is 5.75 Å². The van der Waals surface area contributed by atoms with E-state index in [2.05, 4.69) is 5.32 Å². The highest BCUT2D eigenvalue weighted by Gasteiger charge is 2.34. The molecule has 0 aliphatic carbocycles. The molecule has 208 valence electrons. The summed E-state index contributed by atoms with van der Waals surface area (Å²) in [5, 5.41) is 3.22. The molecule has 1 unspecified atom stereocenters. The molecular formula is C29H34ClN3O5S. The first kappa shape index (κ1) is 30.0. The van der Waals surface area contributed by atoms with Crippen LogP contribution in [0.3, 0.4) is 0 Å². The van der Waals surface area contributed by atoms with E-state index in [9.17, 15) is 18.0 Å². The van der Waals surface area contributed by atoms with Crippen molar-refractivity contribution in [3.8, 4) is 5.75 Å². The number of hydrogen-bond donors (Lipinski definition) is 1. The van der Waals surface area contributed by atoms with Gasteiger partial charge in [0.1, 0.15) is 18.3 Å². The monoisotopic (exact) mass is 571 g/mol. The number of para-hydroxylation sites is 2. The Morgan fingerprint density at radius 2 is 1.56 bits per heavy atom. The third-order valence-electron chi connectivity index (χ3n) is 6.08. The topological polar surface area (TPSA) is 96.0 Å². The fourth-order valence-corrected chi connectivity index (χ4v) is 5.84. The Morgan fingerprint density at radius 3 is 2.21 bits per heavy atom. The van der Waals surface area contributed by atoms with Crippen LogP contribution in [0.4, 0.5) is 5.69 Å². The van der Waals surface area contributed by atoms with Gasteiger partial charge in [-0.25, -0.2) is 8.42 Å². The molecule has 0 saturated heterocycles. The van der Waals surface area contributed by atoms with E-state index in [1.807, 2.05) is 0 Å². The first-order valence-electron chi connectivity index (χ1n) is 12.8. The van der Waals surface area contributed by atoms with Crippen molar-refractivity contribution in [1.29, 1.82) is 0 Å². The molecule has 0 aliphatic rings. The number of carbonyl (C=O) groups is 2. The largest absolute Gasteiger partial charge is 0.492 e. The molecule has 0 aliphatic heterocycles. The molecule has 0 radical (unpaired) electrons. The average Bonchev–Trinajstić information content (AvgIpc) is 2.93. The molecule has 0 heterocycles. The maximum absolute atomic E-state index is 14.1. The Bertz CT molecular complexity index is 1370. The maximum Gasteiger partial charge on any atom is 0.264 e. The molecule has 1 atom stereocenters. The van der Waals surface area contributed by atoms with Crippen molar-refractivity contribution in [1.82, 2.24) is 10.2 Å².